The molecule has 180 valence electrons. The van der Waals surface area contributed by atoms with E-state index in [1.54, 1.807) is 6.07 Å². The molecule has 0 atom stereocenters. The second kappa shape index (κ2) is 8.79. The SMILES string of the molecule is CS(=O)(=O)N1CCC(c2ccc3oc(-c4ccc(CN5CC(C(=O)O)C5)cc4F)cc3c2)CC1. The minimum absolute atomic E-state index is 0.277. The van der Waals surface area contributed by atoms with Crippen molar-refractivity contribution < 1.29 is 27.1 Å². The molecule has 2 aliphatic rings. The Kier molecular flexibility index (Phi) is 5.95. The Labute approximate surface area is 197 Å². The van der Waals surface area contributed by atoms with E-state index in [0.29, 0.717) is 49.6 Å². The fraction of sp³-hybridized carbons (Fsp3) is 0.400. The normalized spacial score (nSPS) is 18.9. The summed E-state index contributed by atoms with van der Waals surface area (Å²) in [5.74, 6) is -0.765. The van der Waals surface area contributed by atoms with Crippen LogP contribution in [0.15, 0.2) is 46.9 Å². The number of furan rings is 1. The van der Waals surface area contributed by atoms with Gasteiger partial charge in [-0.2, -0.15) is 0 Å². The first kappa shape index (κ1) is 23.0. The van der Waals surface area contributed by atoms with E-state index in [1.165, 1.54) is 16.6 Å². The van der Waals surface area contributed by atoms with E-state index in [-0.39, 0.29) is 17.7 Å². The maximum atomic E-state index is 14.9. The van der Waals surface area contributed by atoms with Crippen LogP contribution in [0.4, 0.5) is 4.39 Å². The van der Waals surface area contributed by atoms with E-state index in [9.17, 15) is 17.6 Å². The van der Waals surface area contributed by atoms with Crippen molar-refractivity contribution in [1.82, 2.24) is 9.21 Å². The molecule has 1 aromatic heterocycles. The lowest BCUT2D eigenvalue weighted by atomic mass is 9.90. The summed E-state index contributed by atoms with van der Waals surface area (Å²) in [6.07, 6.45) is 2.78. The van der Waals surface area contributed by atoms with Gasteiger partial charge < -0.3 is 9.52 Å². The third kappa shape index (κ3) is 4.60. The monoisotopic (exact) mass is 486 g/mol. The molecule has 0 saturated carbocycles. The molecule has 0 radical (unpaired) electrons. The molecule has 2 aliphatic heterocycles. The number of nitrogens with zero attached hydrogens (tertiary/aromatic N) is 2. The largest absolute Gasteiger partial charge is 0.481 e. The number of likely N-dealkylation sites (tertiary alicyclic amines) is 1. The highest BCUT2D eigenvalue weighted by molar-refractivity contribution is 7.88. The molecule has 0 unspecified atom stereocenters. The number of hydrogen-bond acceptors (Lipinski definition) is 5. The first-order valence-corrected chi connectivity index (χ1v) is 13.2. The van der Waals surface area contributed by atoms with E-state index in [4.69, 9.17) is 9.52 Å². The molecule has 5 rings (SSSR count). The second-order valence-electron chi connectivity index (χ2n) is 9.39. The Hall–Kier alpha value is -2.75. The number of sulfonamides is 1. The smallest absolute Gasteiger partial charge is 0.309 e. The van der Waals surface area contributed by atoms with Gasteiger partial charge in [-0.3, -0.25) is 9.69 Å². The van der Waals surface area contributed by atoms with Gasteiger partial charge in [0.2, 0.25) is 10.0 Å². The highest BCUT2D eigenvalue weighted by Crippen LogP contribution is 2.35. The quantitative estimate of drug-likeness (QED) is 0.568. The molecule has 0 aliphatic carbocycles. The minimum atomic E-state index is -3.16. The Morgan fingerprint density at radius 1 is 1.12 bits per heavy atom. The fourth-order valence-electron chi connectivity index (χ4n) is 4.94. The maximum Gasteiger partial charge on any atom is 0.309 e. The molecule has 0 spiro atoms. The summed E-state index contributed by atoms with van der Waals surface area (Å²) in [7, 11) is -3.16. The zero-order chi connectivity index (χ0) is 24.0. The molecular formula is C25H27FN2O5S. The number of benzene rings is 2. The highest BCUT2D eigenvalue weighted by Gasteiger charge is 2.32. The van der Waals surface area contributed by atoms with Crippen LogP contribution in [0.2, 0.25) is 0 Å². The van der Waals surface area contributed by atoms with Gasteiger partial charge in [0, 0.05) is 38.1 Å². The van der Waals surface area contributed by atoms with Crippen molar-refractivity contribution in [2.45, 2.75) is 25.3 Å². The third-order valence-corrected chi connectivity index (χ3v) is 8.25. The summed E-state index contributed by atoms with van der Waals surface area (Å²) in [5.41, 5.74) is 2.99. The number of carboxylic acid groups (broad SMARTS) is 1. The van der Waals surface area contributed by atoms with E-state index in [0.717, 1.165) is 29.4 Å². The average Bonchev–Trinajstić information content (AvgIpc) is 3.18. The summed E-state index contributed by atoms with van der Waals surface area (Å²) in [4.78, 5) is 12.9. The van der Waals surface area contributed by atoms with Crippen LogP contribution in [0.1, 0.15) is 29.9 Å². The summed E-state index contributed by atoms with van der Waals surface area (Å²) in [6, 6.07) is 12.8. The van der Waals surface area contributed by atoms with Crippen LogP contribution in [-0.2, 0) is 21.4 Å². The molecule has 0 bridgehead atoms. The number of halogens is 1. The Morgan fingerprint density at radius 3 is 2.50 bits per heavy atom. The standard InChI is InChI=1S/C25H27FN2O5S/c1-34(31,32)28-8-6-17(7-9-28)18-3-5-23-19(11-18)12-24(33-23)21-4-2-16(10-22(21)26)13-27-14-20(15-27)25(29)30/h2-5,10-12,17,20H,6-9,13-15H2,1H3,(H,29,30). The van der Waals surface area contributed by atoms with Gasteiger partial charge in [-0.05, 0) is 60.2 Å². The number of rotatable bonds is 6. The fourth-order valence-corrected chi connectivity index (χ4v) is 5.81. The molecule has 0 amide bonds. The van der Waals surface area contributed by atoms with Crippen molar-refractivity contribution in [2.24, 2.45) is 5.92 Å². The molecule has 2 fully saturated rings. The Bertz CT molecular complexity index is 1340. The zero-order valence-electron chi connectivity index (χ0n) is 18.9. The van der Waals surface area contributed by atoms with Gasteiger partial charge in [-0.15, -0.1) is 0 Å². The summed E-state index contributed by atoms with van der Waals surface area (Å²) >= 11 is 0. The number of carboxylic acids is 1. The van der Waals surface area contributed by atoms with Crippen LogP contribution in [0.5, 0.6) is 0 Å². The zero-order valence-corrected chi connectivity index (χ0v) is 19.7. The van der Waals surface area contributed by atoms with E-state index < -0.39 is 16.0 Å². The maximum absolute atomic E-state index is 14.9. The summed E-state index contributed by atoms with van der Waals surface area (Å²) in [5, 5.41) is 9.88. The molecule has 1 N–H and O–H groups in total. The number of piperidine rings is 1. The molecule has 7 nitrogen and oxygen atoms in total. The molecule has 2 saturated heterocycles. The molecule has 34 heavy (non-hydrogen) atoms. The van der Waals surface area contributed by atoms with Crippen LogP contribution in [0.3, 0.4) is 0 Å². The van der Waals surface area contributed by atoms with Crippen molar-refractivity contribution in [2.75, 3.05) is 32.4 Å². The third-order valence-electron chi connectivity index (χ3n) is 6.95. The molecule has 3 aromatic rings. The molecule has 3 heterocycles. The van der Waals surface area contributed by atoms with E-state index in [2.05, 4.69) is 6.07 Å². The number of fused-ring (bicyclic) bond motifs is 1. The van der Waals surface area contributed by atoms with Gasteiger partial charge in [0.05, 0.1) is 17.7 Å². The first-order valence-electron chi connectivity index (χ1n) is 11.4. The van der Waals surface area contributed by atoms with Crippen LogP contribution < -0.4 is 0 Å². The topological polar surface area (TPSA) is 91.1 Å². The van der Waals surface area contributed by atoms with Gasteiger partial charge in [0.1, 0.15) is 17.2 Å². The van der Waals surface area contributed by atoms with Crippen LogP contribution >= 0.6 is 0 Å². The molecular weight excluding hydrogens is 459 g/mol. The van der Waals surface area contributed by atoms with Gasteiger partial charge in [-0.1, -0.05) is 12.1 Å². The van der Waals surface area contributed by atoms with Gasteiger partial charge in [0.25, 0.3) is 0 Å². The van der Waals surface area contributed by atoms with Gasteiger partial charge in [0.15, 0.2) is 0 Å². The van der Waals surface area contributed by atoms with Crippen molar-refractivity contribution in [3.8, 4) is 11.3 Å². The lowest BCUT2D eigenvalue weighted by Crippen LogP contribution is -2.49. The highest BCUT2D eigenvalue weighted by atomic mass is 32.2. The Balaban J connectivity index is 1.30. The number of hydrogen-bond donors (Lipinski definition) is 1. The second-order valence-corrected chi connectivity index (χ2v) is 11.4. The van der Waals surface area contributed by atoms with Crippen molar-refractivity contribution in [3.05, 3.63) is 59.4 Å². The van der Waals surface area contributed by atoms with E-state index in [1.807, 2.05) is 29.2 Å². The number of carbonyl (C=O) groups is 1. The van der Waals surface area contributed by atoms with Crippen molar-refractivity contribution >= 4 is 27.0 Å². The number of aliphatic carboxylic acids is 1. The Morgan fingerprint density at radius 2 is 1.85 bits per heavy atom. The lowest BCUT2D eigenvalue weighted by Gasteiger charge is -2.36. The van der Waals surface area contributed by atoms with E-state index >= 15 is 0 Å². The van der Waals surface area contributed by atoms with Gasteiger partial charge in [-0.25, -0.2) is 17.1 Å². The van der Waals surface area contributed by atoms with Crippen LogP contribution in [0, 0.1) is 11.7 Å². The summed E-state index contributed by atoms with van der Waals surface area (Å²) < 4.78 is 45.9. The predicted molar refractivity (Wildman–Crippen MR) is 126 cm³/mol. The summed E-state index contributed by atoms with van der Waals surface area (Å²) in [6.45, 7) is 2.52. The van der Waals surface area contributed by atoms with Crippen molar-refractivity contribution in [1.29, 1.82) is 0 Å². The average molecular weight is 487 g/mol. The molecule has 2 aromatic carbocycles. The lowest BCUT2D eigenvalue weighted by molar-refractivity contribution is -0.147. The van der Waals surface area contributed by atoms with Gasteiger partial charge >= 0.3 is 5.97 Å². The predicted octanol–water partition coefficient (Wildman–Crippen LogP) is 3.89. The first-order chi connectivity index (χ1) is 16.2. The van der Waals surface area contributed by atoms with Crippen LogP contribution in [0.25, 0.3) is 22.3 Å². The van der Waals surface area contributed by atoms with Crippen molar-refractivity contribution in [3.63, 3.8) is 0 Å². The van der Waals surface area contributed by atoms with Crippen LogP contribution in [-0.4, -0.2) is 61.1 Å². The molecule has 9 heteroatoms. The minimum Gasteiger partial charge on any atom is -0.481 e.